The zero-order chi connectivity index (χ0) is 16.2. The molecular formula is C18H27N3O2. The summed E-state index contributed by atoms with van der Waals surface area (Å²) in [6.45, 7) is 3.13. The van der Waals surface area contributed by atoms with E-state index in [1.807, 2.05) is 30.3 Å². The van der Waals surface area contributed by atoms with Crippen molar-refractivity contribution >= 4 is 6.03 Å². The molecule has 3 N–H and O–H groups in total. The summed E-state index contributed by atoms with van der Waals surface area (Å²) in [4.78, 5) is 14.7. The van der Waals surface area contributed by atoms with Gasteiger partial charge in [0.15, 0.2) is 0 Å². The van der Waals surface area contributed by atoms with Crippen LogP contribution in [0.2, 0.25) is 0 Å². The topological polar surface area (TPSA) is 64.6 Å². The summed E-state index contributed by atoms with van der Waals surface area (Å²) in [7, 11) is 0. The third kappa shape index (κ3) is 4.45. The lowest BCUT2D eigenvalue weighted by atomic mass is 10.1. The number of nitrogens with one attached hydrogen (secondary N) is 2. The van der Waals surface area contributed by atoms with Crippen molar-refractivity contribution in [1.29, 1.82) is 0 Å². The Balaban J connectivity index is 1.46. The van der Waals surface area contributed by atoms with E-state index in [0.29, 0.717) is 12.5 Å². The fraction of sp³-hybridized carbons (Fsp3) is 0.611. The average molecular weight is 317 g/mol. The predicted octanol–water partition coefficient (Wildman–Crippen LogP) is 1.51. The highest BCUT2D eigenvalue weighted by atomic mass is 16.3. The predicted molar refractivity (Wildman–Crippen MR) is 90.3 cm³/mol. The van der Waals surface area contributed by atoms with E-state index in [1.165, 1.54) is 12.8 Å². The lowest BCUT2D eigenvalue weighted by molar-refractivity contribution is 0.212. The van der Waals surface area contributed by atoms with E-state index in [9.17, 15) is 9.90 Å². The van der Waals surface area contributed by atoms with Crippen molar-refractivity contribution in [2.75, 3.05) is 13.2 Å². The molecule has 2 aliphatic rings. The van der Waals surface area contributed by atoms with Crippen LogP contribution in [-0.2, 0) is 6.42 Å². The number of urea groups is 1. The van der Waals surface area contributed by atoms with Gasteiger partial charge in [-0.1, -0.05) is 30.3 Å². The first-order chi connectivity index (χ1) is 11.2. The molecule has 1 saturated heterocycles. The van der Waals surface area contributed by atoms with Crippen molar-refractivity contribution < 1.29 is 9.90 Å². The SMILES string of the molecule is C[C@H]1C[C@H](NC(=O)N[C@H](CO)Cc2ccccc2)CN1C1CC1. The first kappa shape index (κ1) is 16.3. The molecule has 5 heteroatoms. The number of carbonyl (C=O) groups is 1. The molecule has 126 valence electrons. The minimum Gasteiger partial charge on any atom is -0.394 e. The molecule has 1 aliphatic carbocycles. The smallest absolute Gasteiger partial charge is 0.315 e. The molecule has 3 atom stereocenters. The van der Waals surface area contributed by atoms with E-state index < -0.39 is 0 Å². The van der Waals surface area contributed by atoms with Gasteiger partial charge in [-0.3, -0.25) is 4.90 Å². The van der Waals surface area contributed by atoms with Crippen LogP contribution in [0.25, 0.3) is 0 Å². The highest BCUT2D eigenvalue weighted by Gasteiger charge is 2.39. The Morgan fingerprint density at radius 1 is 1.35 bits per heavy atom. The number of aliphatic hydroxyl groups is 1. The standard InChI is InChI=1S/C18H27N3O2/c1-13-9-15(11-21(13)17-7-8-17)19-18(23)20-16(12-22)10-14-5-3-2-4-6-14/h2-6,13,15-17,22H,7-12H2,1H3,(H2,19,20,23)/t13-,15-,16-/m0/s1. The second-order valence-electron chi connectivity index (χ2n) is 6.90. The van der Waals surface area contributed by atoms with Crippen LogP contribution in [0.1, 0.15) is 31.7 Å². The molecule has 1 saturated carbocycles. The molecule has 0 aromatic heterocycles. The maximum Gasteiger partial charge on any atom is 0.315 e. The second-order valence-corrected chi connectivity index (χ2v) is 6.90. The number of carbonyl (C=O) groups excluding carboxylic acids is 1. The molecule has 2 amide bonds. The summed E-state index contributed by atoms with van der Waals surface area (Å²) < 4.78 is 0. The van der Waals surface area contributed by atoms with Crippen LogP contribution < -0.4 is 10.6 Å². The van der Waals surface area contributed by atoms with Crippen LogP contribution in [0.4, 0.5) is 4.79 Å². The molecule has 0 unspecified atom stereocenters. The van der Waals surface area contributed by atoms with Gasteiger partial charge in [0.25, 0.3) is 0 Å². The molecular weight excluding hydrogens is 290 g/mol. The van der Waals surface area contributed by atoms with Crippen LogP contribution in [0.15, 0.2) is 30.3 Å². The Kier molecular flexibility index (Phi) is 5.18. The van der Waals surface area contributed by atoms with Crippen LogP contribution in [0.3, 0.4) is 0 Å². The summed E-state index contributed by atoms with van der Waals surface area (Å²) in [5, 5.41) is 15.5. The van der Waals surface area contributed by atoms with Crippen molar-refractivity contribution in [3.63, 3.8) is 0 Å². The van der Waals surface area contributed by atoms with Crippen LogP contribution in [0, 0.1) is 0 Å². The van der Waals surface area contributed by atoms with E-state index in [0.717, 1.165) is 24.6 Å². The Bertz CT molecular complexity index is 518. The Labute approximate surface area is 138 Å². The maximum absolute atomic E-state index is 12.2. The van der Waals surface area contributed by atoms with E-state index in [1.54, 1.807) is 0 Å². The van der Waals surface area contributed by atoms with Gasteiger partial charge in [0, 0.05) is 24.7 Å². The van der Waals surface area contributed by atoms with Crippen molar-refractivity contribution in [2.45, 2.75) is 56.8 Å². The van der Waals surface area contributed by atoms with Gasteiger partial charge in [-0.2, -0.15) is 0 Å². The maximum atomic E-state index is 12.2. The minimum absolute atomic E-state index is 0.0580. The lowest BCUT2D eigenvalue weighted by Gasteiger charge is -2.20. The van der Waals surface area contributed by atoms with Gasteiger partial charge in [0.05, 0.1) is 12.6 Å². The number of nitrogens with zero attached hydrogens (tertiary/aromatic N) is 1. The highest BCUT2D eigenvalue weighted by molar-refractivity contribution is 5.74. The number of rotatable bonds is 6. The number of benzene rings is 1. The van der Waals surface area contributed by atoms with Crippen molar-refractivity contribution in [2.24, 2.45) is 0 Å². The van der Waals surface area contributed by atoms with Gasteiger partial charge in [-0.15, -0.1) is 0 Å². The Hall–Kier alpha value is -1.59. The summed E-state index contributed by atoms with van der Waals surface area (Å²) in [5.41, 5.74) is 1.11. The van der Waals surface area contributed by atoms with Gasteiger partial charge < -0.3 is 15.7 Å². The molecule has 0 bridgehead atoms. The minimum atomic E-state index is -0.254. The van der Waals surface area contributed by atoms with Crippen molar-refractivity contribution in [3.8, 4) is 0 Å². The molecule has 2 fully saturated rings. The molecule has 0 spiro atoms. The van der Waals surface area contributed by atoms with Gasteiger partial charge in [0.1, 0.15) is 0 Å². The van der Waals surface area contributed by atoms with Crippen molar-refractivity contribution in [3.05, 3.63) is 35.9 Å². The quantitative estimate of drug-likeness (QED) is 0.745. The molecule has 1 aliphatic heterocycles. The van der Waals surface area contributed by atoms with Crippen LogP contribution >= 0.6 is 0 Å². The number of hydrogen-bond donors (Lipinski definition) is 3. The zero-order valence-electron chi connectivity index (χ0n) is 13.7. The van der Waals surface area contributed by atoms with Gasteiger partial charge >= 0.3 is 6.03 Å². The lowest BCUT2D eigenvalue weighted by Crippen LogP contribution is -2.49. The zero-order valence-corrected chi connectivity index (χ0v) is 13.7. The molecule has 1 aromatic carbocycles. The fourth-order valence-corrected chi connectivity index (χ4v) is 3.55. The van der Waals surface area contributed by atoms with Crippen LogP contribution in [-0.4, -0.2) is 53.4 Å². The monoisotopic (exact) mass is 317 g/mol. The highest BCUT2D eigenvalue weighted by Crippen LogP contribution is 2.33. The molecule has 5 nitrogen and oxygen atoms in total. The van der Waals surface area contributed by atoms with Crippen molar-refractivity contribution in [1.82, 2.24) is 15.5 Å². The van der Waals surface area contributed by atoms with Crippen LogP contribution in [0.5, 0.6) is 0 Å². The third-order valence-electron chi connectivity index (χ3n) is 4.85. The fourth-order valence-electron chi connectivity index (χ4n) is 3.55. The van der Waals surface area contributed by atoms with E-state index in [-0.39, 0.29) is 24.7 Å². The first-order valence-electron chi connectivity index (χ1n) is 8.63. The van der Waals surface area contributed by atoms with Gasteiger partial charge in [-0.25, -0.2) is 4.79 Å². The average Bonchev–Trinajstić information content (AvgIpc) is 3.31. The first-order valence-corrected chi connectivity index (χ1v) is 8.63. The normalized spacial score (nSPS) is 26.0. The van der Waals surface area contributed by atoms with Gasteiger partial charge in [0.2, 0.25) is 0 Å². The second kappa shape index (κ2) is 7.32. The molecule has 1 aromatic rings. The third-order valence-corrected chi connectivity index (χ3v) is 4.85. The summed E-state index contributed by atoms with van der Waals surface area (Å²) in [5.74, 6) is 0. The molecule has 23 heavy (non-hydrogen) atoms. The number of likely N-dealkylation sites (tertiary alicyclic amines) is 1. The molecule has 3 rings (SSSR count). The van der Waals surface area contributed by atoms with E-state index in [4.69, 9.17) is 0 Å². The Morgan fingerprint density at radius 3 is 2.74 bits per heavy atom. The molecule has 0 radical (unpaired) electrons. The Morgan fingerprint density at radius 2 is 2.09 bits per heavy atom. The summed E-state index contributed by atoms with van der Waals surface area (Å²) in [6, 6.07) is 11.0. The van der Waals surface area contributed by atoms with Gasteiger partial charge in [-0.05, 0) is 38.2 Å². The summed E-state index contributed by atoms with van der Waals surface area (Å²) >= 11 is 0. The summed E-state index contributed by atoms with van der Waals surface area (Å²) in [6.07, 6.45) is 4.24. The van der Waals surface area contributed by atoms with E-state index >= 15 is 0 Å². The largest absolute Gasteiger partial charge is 0.394 e. The van der Waals surface area contributed by atoms with E-state index in [2.05, 4.69) is 22.5 Å². The number of aliphatic hydroxyl groups excluding tert-OH is 1. The molecule has 1 heterocycles. The number of amides is 2. The number of hydrogen-bond acceptors (Lipinski definition) is 3.